The van der Waals surface area contributed by atoms with Crippen LogP contribution < -0.4 is 0 Å². The molecule has 18 heavy (non-hydrogen) atoms. The second kappa shape index (κ2) is 10.5. The zero-order valence-electron chi connectivity index (χ0n) is 10.8. The molecule has 0 rings (SSSR count). The quantitative estimate of drug-likeness (QED) is 0.248. The molecule has 0 heterocycles. The number of rotatable bonds is 9. The third-order valence-electron chi connectivity index (χ3n) is 1.75. The summed E-state index contributed by atoms with van der Waals surface area (Å²) in [6.07, 6.45) is 0.918. The molecule has 0 aliphatic carbocycles. The van der Waals surface area contributed by atoms with Gasteiger partial charge in [-0.2, -0.15) is 0 Å². The van der Waals surface area contributed by atoms with Gasteiger partial charge in [0.15, 0.2) is 0 Å². The zero-order chi connectivity index (χ0) is 13.8. The van der Waals surface area contributed by atoms with Crippen LogP contribution in [0.1, 0.15) is 0 Å². The monoisotopic (exact) mass is 262 g/mol. The molecule has 0 atom stereocenters. The second-order valence-electron chi connectivity index (χ2n) is 2.98. The Balaban J connectivity index is 4.07. The highest BCUT2D eigenvalue weighted by Gasteiger charge is 2.13. The number of ether oxygens (including phenoxy) is 5. The van der Waals surface area contributed by atoms with Gasteiger partial charge in [-0.05, 0) is 0 Å². The SMILES string of the molecule is COCCOCCO/C(=C/C(=O)OC)C(=O)OC. The Labute approximate surface area is 106 Å². The van der Waals surface area contributed by atoms with E-state index in [1.807, 2.05) is 0 Å². The van der Waals surface area contributed by atoms with Crippen LogP contribution >= 0.6 is 0 Å². The first-order chi connectivity index (χ1) is 8.65. The minimum absolute atomic E-state index is 0.113. The van der Waals surface area contributed by atoms with E-state index in [4.69, 9.17) is 14.2 Å². The Morgan fingerprint density at radius 1 is 0.944 bits per heavy atom. The van der Waals surface area contributed by atoms with Gasteiger partial charge in [-0.15, -0.1) is 0 Å². The molecular formula is C11H18O7. The van der Waals surface area contributed by atoms with Gasteiger partial charge in [0.25, 0.3) is 0 Å². The van der Waals surface area contributed by atoms with Gasteiger partial charge in [-0.25, -0.2) is 9.59 Å². The molecule has 104 valence electrons. The molecule has 0 bridgehead atoms. The summed E-state index contributed by atoms with van der Waals surface area (Å²) in [7, 11) is 3.95. The molecule has 0 spiro atoms. The Hall–Kier alpha value is -1.60. The van der Waals surface area contributed by atoms with Gasteiger partial charge < -0.3 is 23.7 Å². The smallest absolute Gasteiger partial charge is 0.373 e. The Bertz CT molecular complexity index is 285. The Morgan fingerprint density at radius 3 is 2.17 bits per heavy atom. The fourth-order valence-electron chi connectivity index (χ4n) is 0.881. The molecule has 0 aliphatic heterocycles. The van der Waals surface area contributed by atoms with Gasteiger partial charge in [0, 0.05) is 7.11 Å². The van der Waals surface area contributed by atoms with Crippen LogP contribution in [-0.4, -0.2) is 59.7 Å². The predicted molar refractivity (Wildman–Crippen MR) is 60.8 cm³/mol. The molecule has 0 amide bonds. The van der Waals surface area contributed by atoms with Crippen molar-refractivity contribution in [2.75, 3.05) is 47.8 Å². The second-order valence-corrected chi connectivity index (χ2v) is 2.98. The average Bonchev–Trinajstić information content (AvgIpc) is 2.40. The largest absolute Gasteiger partial charge is 0.484 e. The minimum atomic E-state index is -0.753. The standard InChI is InChI=1S/C11H18O7/c1-14-4-5-17-6-7-18-9(11(13)16-3)8-10(12)15-2/h8H,4-7H2,1-3H3/b9-8+. The van der Waals surface area contributed by atoms with Gasteiger partial charge in [0.05, 0.1) is 40.1 Å². The first kappa shape index (κ1) is 16.4. The molecule has 0 radical (unpaired) electrons. The van der Waals surface area contributed by atoms with E-state index >= 15 is 0 Å². The van der Waals surface area contributed by atoms with Crippen molar-refractivity contribution in [3.05, 3.63) is 11.8 Å². The Morgan fingerprint density at radius 2 is 1.61 bits per heavy atom. The highest BCUT2D eigenvalue weighted by atomic mass is 16.6. The maximum Gasteiger partial charge on any atom is 0.373 e. The first-order valence-electron chi connectivity index (χ1n) is 5.23. The van der Waals surface area contributed by atoms with Crippen molar-refractivity contribution in [2.45, 2.75) is 0 Å². The van der Waals surface area contributed by atoms with E-state index in [1.54, 1.807) is 7.11 Å². The average molecular weight is 262 g/mol. The molecule has 7 heteroatoms. The zero-order valence-corrected chi connectivity index (χ0v) is 10.8. The predicted octanol–water partition coefficient (Wildman–Crippen LogP) is -0.104. The van der Waals surface area contributed by atoms with Gasteiger partial charge >= 0.3 is 11.9 Å². The van der Waals surface area contributed by atoms with Crippen LogP contribution in [0.15, 0.2) is 11.8 Å². The molecule has 0 saturated carbocycles. The molecule has 0 aliphatic rings. The maximum atomic E-state index is 11.2. The van der Waals surface area contributed by atoms with E-state index in [-0.39, 0.29) is 19.0 Å². The van der Waals surface area contributed by atoms with Gasteiger partial charge in [-0.1, -0.05) is 0 Å². The maximum absolute atomic E-state index is 11.2. The summed E-state index contributed by atoms with van der Waals surface area (Å²) >= 11 is 0. The van der Waals surface area contributed by atoms with E-state index in [0.29, 0.717) is 13.2 Å². The lowest BCUT2D eigenvalue weighted by Gasteiger charge is -2.08. The van der Waals surface area contributed by atoms with E-state index < -0.39 is 11.9 Å². The van der Waals surface area contributed by atoms with Gasteiger partial charge in [-0.3, -0.25) is 0 Å². The Kier molecular flexibility index (Phi) is 9.61. The number of methoxy groups -OCH3 is 3. The van der Waals surface area contributed by atoms with Crippen LogP contribution in [-0.2, 0) is 33.3 Å². The fraction of sp³-hybridized carbons (Fsp3) is 0.636. The normalized spacial score (nSPS) is 10.9. The molecule has 0 saturated heterocycles. The minimum Gasteiger partial charge on any atom is -0.484 e. The van der Waals surface area contributed by atoms with Crippen molar-refractivity contribution in [3.63, 3.8) is 0 Å². The van der Waals surface area contributed by atoms with E-state index in [9.17, 15) is 9.59 Å². The molecular weight excluding hydrogens is 244 g/mol. The van der Waals surface area contributed by atoms with Crippen LogP contribution in [0.3, 0.4) is 0 Å². The van der Waals surface area contributed by atoms with Crippen LogP contribution in [0.5, 0.6) is 0 Å². The van der Waals surface area contributed by atoms with Crippen molar-refractivity contribution in [3.8, 4) is 0 Å². The number of carbonyl (C=O) groups is 2. The van der Waals surface area contributed by atoms with Crippen molar-refractivity contribution < 1.29 is 33.3 Å². The molecule has 7 nitrogen and oxygen atoms in total. The number of esters is 2. The van der Waals surface area contributed by atoms with E-state index in [1.165, 1.54) is 14.2 Å². The molecule has 0 aromatic carbocycles. The third kappa shape index (κ3) is 7.64. The van der Waals surface area contributed by atoms with Crippen LogP contribution in [0.2, 0.25) is 0 Å². The summed E-state index contributed by atoms with van der Waals surface area (Å²) in [6, 6.07) is 0. The van der Waals surface area contributed by atoms with Crippen molar-refractivity contribution in [1.82, 2.24) is 0 Å². The molecule has 0 unspecified atom stereocenters. The van der Waals surface area contributed by atoms with Gasteiger partial charge in [0.2, 0.25) is 5.76 Å². The summed E-state index contributed by atoms with van der Waals surface area (Å²) in [5, 5.41) is 0. The summed E-state index contributed by atoms with van der Waals surface area (Å²) in [5.41, 5.74) is 0. The summed E-state index contributed by atoms with van der Waals surface area (Å²) < 4.78 is 23.8. The van der Waals surface area contributed by atoms with Crippen molar-refractivity contribution >= 4 is 11.9 Å². The van der Waals surface area contributed by atoms with Crippen molar-refractivity contribution in [1.29, 1.82) is 0 Å². The number of hydrogen-bond acceptors (Lipinski definition) is 7. The summed E-state index contributed by atoms with van der Waals surface area (Å²) in [6.45, 7) is 1.27. The van der Waals surface area contributed by atoms with Crippen LogP contribution in [0.25, 0.3) is 0 Å². The van der Waals surface area contributed by atoms with Crippen LogP contribution in [0.4, 0.5) is 0 Å². The van der Waals surface area contributed by atoms with E-state index in [0.717, 1.165) is 6.08 Å². The van der Waals surface area contributed by atoms with Crippen LogP contribution in [0, 0.1) is 0 Å². The number of hydrogen-bond donors (Lipinski definition) is 0. The highest BCUT2D eigenvalue weighted by Crippen LogP contribution is 2.01. The number of carbonyl (C=O) groups excluding carboxylic acids is 2. The van der Waals surface area contributed by atoms with E-state index in [2.05, 4.69) is 9.47 Å². The van der Waals surface area contributed by atoms with Gasteiger partial charge in [0.1, 0.15) is 6.61 Å². The molecule has 0 aromatic heterocycles. The van der Waals surface area contributed by atoms with Crippen molar-refractivity contribution in [2.24, 2.45) is 0 Å². The lowest BCUT2D eigenvalue weighted by atomic mass is 10.4. The molecule has 0 fully saturated rings. The lowest BCUT2D eigenvalue weighted by Crippen LogP contribution is -2.14. The highest BCUT2D eigenvalue weighted by molar-refractivity contribution is 5.94. The fourth-order valence-corrected chi connectivity index (χ4v) is 0.881. The summed E-state index contributed by atoms with van der Waals surface area (Å²) in [4.78, 5) is 22.2. The topological polar surface area (TPSA) is 80.3 Å². The third-order valence-corrected chi connectivity index (χ3v) is 1.75. The summed E-state index contributed by atoms with van der Waals surface area (Å²) in [5.74, 6) is -1.67. The molecule has 0 aromatic rings. The first-order valence-corrected chi connectivity index (χ1v) is 5.23. The molecule has 0 N–H and O–H groups in total. The lowest BCUT2D eigenvalue weighted by molar-refractivity contribution is -0.142.